The summed E-state index contributed by atoms with van der Waals surface area (Å²) in [6, 6.07) is 15.1. The van der Waals surface area contributed by atoms with Crippen LogP contribution < -0.4 is 5.32 Å². The molecule has 0 aliphatic heterocycles. The standard InChI is InChI=1S/C28H24F2N4/c29-19-12-20-22(14-31-26(20)23(30)13-19)28-33-25-11-18-4-2-1-3-17(18)10-21(25)27(34-28)32-24-9-15-5-7-16(24)8-6-15/h1-4,10-16,24,31H,5-9H2,(H,32,33,34). The second-order valence-electron chi connectivity index (χ2n) is 9.89. The van der Waals surface area contributed by atoms with Crippen LogP contribution in [0.1, 0.15) is 32.1 Å². The number of benzene rings is 3. The number of nitrogens with zero attached hydrogens (tertiary/aromatic N) is 2. The summed E-state index contributed by atoms with van der Waals surface area (Å²) in [6.45, 7) is 0. The van der Waals surface area contributed by atoms with Crippen LogP contribution >= 0.6 is 0 Å². The first-order chi connectivity index (χ1) is 16.6. The minimum absolute atomic E-state index is 0.262. The number of rotatable bonds is 3. The number of hydrogen-bond donors (Lipinski definition) is 2. The van der Waals surface area contributed by atoms with E-state index in [0.29, 0.717) is 28.7 Å². The number of anilines is 1. The number of halogens is 2. The first-order valence-electron chi connectivity index (χ1n) is 12.1. The predicted molar refractivity (Wildman–Crippen MR) is 132 cm³/mol. The van der Waals surface area contributed by atoms with Crippen molar-refractivity contribution in [3.63, 3.8) is 0 Å². The van der Waals surface area contributed by atoms with E-state index in [-0.39, 0.29) is 5.52 Å². The zero-order valence-electron chi connectivity index (χ0n) is 18.6. The third kappa shape index (κ3) is 3.16. The summed E-state index contributed by atoms with van der Waals surface area (Å²) in [4.78, 5) is 12.8. The average Bonchev–Trinajstić information content (AvgIpc) is 3.28. The quantitative estimate of drug-likeness (QED) is 0.284. The van der Waals surface area contributed by atoms with Crippen LogP contribution in [0.5, 0.6) is 0 Å². The number of nitrogens with one attached hydrogen (secondary N) is 2. The lowest BCUT2D eigenvalue weighted by atomic mass is 9.68. The Morgan fingerprint density at radius 1 is 0.882 bits per heavy atom. The second kappa shape index (κ2) is 7.49. The molecule has 6 heteroatoms. The average molecular weight is 455 g/mol. The van der Waals surface area contributed by atoms with Gasteiger partial charge in [0.2, 0.25) is 0 Å². The molecule has 4 nitrogen and oxygen atoms in total. The molecule has 2 aromatic heterocycles. The van der Waals surface area contributed by atoms with E-state index in [4.69, 9.17) is 9.97 Å². The topological polar surface area (TPSA) is 53.6 Å². The lowest BCUT2D eigenvalue weighted by Crippen LogP contribution is -2.40. The van der Waals surface area contributed by atoms with E-state index in [2.05, 4.69) is 34.6 Å². The maximum atomic E-state index is 14.4. The fourth-order valence-electron chi connectivity index (χ4n) is 6.12. The maximum absolute atomic E-state index is 14.4. The van der Waals surface area contributed by atoms with Crippen LogP contribution in [0.4, 0.5) is 14.6 Å². The van der Waals surface area contributed by atoms with Crippen molar-refractivity contribution in [2.75, 3.05) is 5.32 Å². The molecule has 3 aliphatic rings. The van der Waals surface area contributed by atoms with Gasteiger partial charge in [-0.15, -0.1) is 0 Å². The van der Waals surface area contributed by atoms with Crippen molar-refractivity contribution in [3.05, 3.63) is 66.4 Å². The fraction of sp³-hybridized carbons (Fsp3) is 0.286. The molecule has 3 aliphatic carbocycles. The number of hydrogen-bond acceptors (Lipinski definition) is 3. The Labute approximate surface area is 195 Å². The molecule has 0 amide bonds. The molecular formula is C28H24F2N4. The van der Waals surface area contributed by atoms with E-state index in [1.807, 2.05) is 12.1 Å². The van der Waals surface area contributed by atoms with Gasteiger partial charge in [0.25, 0.3) is 0 Å². The molecule has 3 fully saturated rings. The second-order valence-corrected chi connectivity index (χ2v) is 9.89. The Kier molecular flexibility index (Phi) is 4.38. The molecule has 8 rings (SSSR count). The van der Waals surface area contributed by atoms with Gasteiger partial charge in [-0.05, 0) is 60.1 Å². The SMILES string of the molecule is Fc1cc(F)c2[nH]cc(-c3nc(NC4CC5CCC4CC5)c4cc5ccccc5cc4n3)c2c1. The minimum Gasteiger partial charge on any atom is -0.366 e. The summed E-state index contributed by atoms with van der Waals surface area (Å²) in [7, 11) is 0. The molecule has 3 aromatic carbocycles. The van der Waals surface area contributed by atoms with Crippen LogP contribution in [-0.4, -0.2) is 21.0 Å². The first kappa shape index (κ1) is 19.9. The summed E-state index contributed by atoms with van der Waals surface area (Å²) in [5.74, 6) is 1.47. The summed E-state index contributed by atoms with van der Waals surface area (Å²) in [5.41, 5.74) is 1.67. The molecule has 2 bridgehead atoms. The molecule has 170 valence electrons. The summed E-state index contributed by atoms with van der Waals surface area (Å²) >= 11 is 0. The number of fused-ring (bicyclic) bond motifs is 6. The summed E-state index contributed by atoms with van der Waals surface area (Å²) < 4.78 is 28.4. The fourth-order valence-corrected chi connectivity index (χ4v) is 6.12. The van der Waals surface area contributed by atoms with Gasteiger partial charge in [0.1, 0.15) is 17.5 Å². The van der Waals surface area contributed by atoms with E-state index < -0.39 is 11.6 Å². The Morgan fingerprint density at radius 2 is 1.68 bits per heavy atom. The number of aromatic nitrogens is 3. The van der Waals surface area contributed by atoms with Gasteiger partial charge in [0.15, 0.2) is 5.82 Å². The smallest absolute Gasteiger partial charge is 0.164 e. The van der Waals surface area contributed by atoms with Gasteiger partial charge < -0.3 is 10.3 Å². The lowest BCUT2D eigenvalue weighted by Gasteiger charge is -2.43. The monoisotopic (exact) mass is 454 g/mol. The Hall–Kier alpha value is -3.54. The largest absolute Gasteiger partial charge is 0.366 e. The van der Waals surface area contributed by atoms with Gasteiger partial charge in [-0.2, -0.15) is 0 Å². The molecule has 0 radical (unpaired) electrons. The third-order valence-electron chi connectivity index (χ3n) is 7.88. The van der Waals surface area contributed by atoms with Gasteiger partial charge in [-0.1, -0.05) is 37.1 Å². The Bertz CT molecular complexity index is 1570. The molecule has 1 unspecified atom stereocenters. The van der Waals surface area contributed by atoms with Gasteiger partial charge in [-0.25, -0.2) is 18.7 Å². The molecule has 1 atom stereocenters. The van der Waals surface area contributed by atoms with Gasteiger partial charge in [-0.3, -0.25) is 0 Å². The van der Waals surface area contributed by atoms with Crippen molar-refractivity contribution in [2.45, 2.75) is 38.1 Å². The summed E-state index contributed by atoms with van der Waals surface area (Å²) in [5, 5.41) is 7.43. The van der Waals surface area contributed by atoms with E-state index in [0.717, 1.165) is 39.5 Å². The molecule has 2 heterocycles. The van der Waals surface area contributed by atoms with Crippen molar-refractivity contribution < 1.29 is 8.78 Å². The molecule has 0 saturated heterocycles. The van der Waals surface area contributed by atoms with Gasteiger partial charge in [0, 0.05) is 34.6 Å². The normalized spacial score (nSPS) is 22.1. The summed E-state index contributed by atoms with van der Waals surface area (Å²) in [6.07, 6.45) is 8.03. The molecule has 5 aromatic rings. The van der Waals surface area contributed by atoms with Crippen molar-refractivity contribution in [2.24, 2.45) is 11.8 Å². The van der Waals surface area contributed by atoms with Crippen molar-refractivity contribution in [1.29, 1.82) is 0 Å². The highest BCUT2D eigenvalue weighted by molar-refractivity contribution is 6.03. The van der Waals surface area contributed by atoms with E-state index in [1.54, 1.807) is 6.20 Å². The zero-order valence-corrected chi connectivity index (χ0v) is 18.6. The van der Waals surface area contributed by atoms with Crippen LogP contribution in [0.15, 0.2) is 54.7 Å². The van der Waals surface area contributed by atoms with Crippen LogP contribution in [0.25, 0.3) is 44.0 Å². The molecule has 0 spiro atoms. The highest BCUT2D eigenvalue weighted by Gasteiger charge is 2.36. The van der Waals surface area contributed by atoms with E-state index in [1.165, 1.54) is 38.2 Å². The highest BCUT2D eigenvalue weighted by Crippen LogP contribution is 2.43. The molecule has 3 saturated carbocycles. The maximum Gasteiger partial charge on any atom is 0.164 e. The Morgan fingerprint density at radius 3 is 2.44 bits per heavy atom. The highest BCUT2D eigenvalue weighted by atomic mass is 19.1. The predicted octanol–water partition coefficient (Wildman–Crippen LogP) is 7.20. The Balaban J connectivity index is 1.43. The van der Waals surface area contributed by atoms with Crippen LogP contribution in [0, 0.1) is 23.5 Å². The van der Waals surface area contributed by atoms with Crippen molar-refractivity contribution in [1.82, 2.24) is 15.0 Å². The third-order valence-corrected chi connectivity index (χ3v) is 7.88. The number of aromatic amines is 1. The van der Waals surface area contributed by atoms with E-state index in [9.17, 15) is 8.78 Å². The van der Waals surface area contributed by atoms with Crippen LogP contribution in [-0.2, 0) is 0 Å². The van der Waals surface area contributed by atoms with Crippen LogP contribution in [0.2, 0.25) is 0 Å². The van der Waals surface area contributed by atoms with Crippen LogP contribution in [0.3, 0.4) is 0 Å². The number of H-pyrrole nitrogens is 1. The zero-order chi connectivity index (χ0) is 22.8. The first-order valence-corrected chi connectivity index (χ1v) is 12.1. The molecule has 2 N–H and O–H groups in total. The van der Waals surface area contributed by atoms with Crippen molar-refractivity contribution in [3.8, 4) is 11.4 Å². The molecule has 34 heavy (non-hydrogen) atoms. The van der Waals surface area contributed by atoms with Gasteiger partial charge >= 0.3 is 0 Å². The lowest BCUT2D eigenvalue weighted by molar-refractivity contribution is 0.157. The van der Waals surface area contributed by atoms with Crippen molar-refractivity contribution >= 4 is 38.4 Å². The van der Waals surface area contributed by atoms with E-state index >= 15 is 0 Å². The molecular weight excluding hydrogens is 430 g/mol. The van der Waals surface area contributed by atoms with Gasteiger partial charge in [0.05, 0.1) is 11.0 Å². The minimum atomic E-state index is -0.621.